The highest BCUT2D eigenvalue weighted by Crippen LogP contribution is 2.33. The lowest BCUT2D eigenvalue weighted by atomic mass is 10.00. The van der Waals surface area contributed by atoms with Crippen LogP contribution in [0.5, 0.6) is 0 Å². The van der Waals surface area contributed by atoms with Crippen molar-refractivity contribution in [1.82, 2.24) is 20.1 Å². The van der Waals surface area contributed by atoms with E-state index in [1.807, 2.05) is 62.0 Å². The highest BCUT2D eigenvalue weighted by molar-refractivity contribution is 6.09. The van der Waals surface area contributed by atoms with Crippen molar-refractivity contribution < 1.29 is 4.79 Å². The van der Waals surface area contributed by atoms with Gasteiger partial charge in [-0.2, -0.15) is 5.10 Å². The van der Waals surface area contributed by atoms with Crippen LogP contribution in [0, 0.1) is 20.8 Å². The van der Waals surface area contributed by atoms with Gasteiger partial charge in [0.05, 0.1) is 5.69 Å². The average Bonchev–Trinajstić information content (AvgIpc) is 3.21. The highest BCUT2D eigenvalue weighted by atomic mass is 16.1. The molecule has 2 aromatic heterocycles. The molecule has 5 heteroatoms. The molecule has 0 saturated carbocycles. The zero-order chi connectivity index (χ0) is 21.4. The predicted octanol–water partition coefficient (Wildman–Crippen LogP) is 4.85. The van der Waals surface area contributed by atoms with E-state index in [1.165, 1.54) is 11.1 Å². The van der Waals surface area contributed by atoms with Crippen molar-refractivity contribution in [3.05, 3.63) is 76.7 Å². The summed E-state index contributed by atoms with van der Waals surface area (Å²) in [4.78, 5) is 16.7. The molecular formula is C25H28N4O. The minimum atomic E-state index is -0.0885. The van der Waals surface area contributed by atoms with Crippen LogP contribution in [0.4, 0.5) is 0 Å². The molecule has 2 aromatic carbocycles. The summed E-state index contributed by atoms with van der Waals surface area (Å²) in [5.74, 6) is -0.0885. The first kappa shape index (κ1) is 20.0. The van der Waals surface area contributed by atoms with Crippen LogP contribution < -0.4 is 5.32 Å². The molecule has 0 fully saturated rings. The van der Waals surface area contributed by atoms with Crippen molar-refractivity contribution >= 4 is 16.8 Å². The molecule has 0 aliphatic heterocycles. The molecule has 0 saturated heterocycles. The summed E-state index contributed by atoms with van der Waals surface area (Å²) in [5.41, 5.74) is 8.08. The lowest BCUT2D eigenvalue weighted by Gasteiger charge is -2.15. The first-order chi connectivity index (χ1) is 14.3. The maximum atomic E-state index is 13.3. The number of nitrogens with one attached hydrogen (secondary N) is 2. The Bertz CT molecular complexity index is 1220. The number of rotatable bonds is 5. The van der Waals surface area contributed by atoms with Gasteiger partial charge in [0.15, 0.2) is 0 Å². The van der Waals surface area contributed by atoms with Gasteiger partial charge in [-0.25, -0.2) is 0 Å². The second kappa shape index (κ2) is 7.82. The Balaban J connectivity index is 1.68. The van der Waals surface area contributed by atoms with Gasteiger partial charge in [0.25, 0.3) is 5.91 Å². The summed E-state index contributed by atoms with van der Waals surface area (Å²) in [6.07, 6.45) is 0.747. The van der Waals surface area contributed by atoms with Crippen LogP contribution in [-0.4, -0.2) is 26.7 Å². The fraction of sp³-hybridized carbons (Fsp3) is 0.280. The van der Waals surface area contributed by atoms with E-state index < -0.39 is 0 Å². The van der Waals surface area contributed by atoms with Gasteiger partial charge in [-0.05, 0) is 57.4 Å². The summed E-state index contributed by atoms with van der Waals surface area (Å²) >= 11 is 0. The molecule has 4 aromatic rings. The van der Waals surface area contributed by atoms with Gasteiger partial charge in [0, 0.05) is 35.2 Å². The number of aryl methyl sites for hydroxylation is 3. The monoisotopic (exact) mass is 400 g/mol. The largest absolute Gasteiger partial charge is 0.350 e. The fourth-order valence-electron chi connectivity index (χ4n) is 4.15. The number of fused-ring (bicyclic) bond motifs is 1. The van der Waals surface area contributed by atoms with Gasteiger partial charge in [-0.1, -0.05) is 42.0 Å². The van der Waals surface area contributed by atoms with Gasteiger partial charge < -0.3 is 10.3 Å². The molecular weight excluding hydrogens is 372 g/mol. The lowest BCUT2D eigenvalue weighted by molar-refractivity contribution is 0.0936. The number of amides is 1. The van der Waals surface area contributed by atoms with Crippen LogP contribution >= 0.6 is 0 Å². The number of H-pyrrole nitrogens is 1. The maximum Gasteiger partial charge on any atom is 0.268 e. The van der Waals surface area contributed by atoms with Crippen LogP contribution in [0.3, 0.4) is 0 Å². The van der Waals surface area contributed by atoms with E-state index in [9.17, 15) is 4.79 Å². The fourth-order valence-corrected chi connectivity index (χ4v) is 4.15. The Morgan fingerprint density at radius 3 is 2.53 bits per heavy atom. The summed E-state index contributed by atoms with van der Waals surface area (Å²) in [6, 6.07) is 16.3. The molecule has 1 amide bonds. The number of benzene rings is 2. The molecule has 5 nitrogen and oxygen atoms in total. The van der Waals surface area contributed by atoms with Crippen LogP contribution in [0.15, 0.2) is 48.5 Å². The summed E-state index contributed by atoms with van der Waals surface area (Å²) < 4.78 is 1.90. The molecule has 154 valence electrons. The number of carbonyl (C=O) groups is 1. The zero-order valence-corrected chi connectivity index (χ0v) is 18.2. The Morgan fingerprint density at radius 1 is 1.13 bits per heavy atom. The summed E-state index contributed by atoms with van der Waals surface area (Å²) in [7, 11) is 1.95. The summed E-state index contributed by atoms with van der Waals surface area (Å²) in [5, 5.41) is 8.74. The van der Waals surface area contributed by atoms with Crippen molar-refractivity contribution in [2.24, 2.45) is 7.05 Å². The van der Waals surface area contributed by atoms with Crippen molar-refractivity contribution in [2.45, 2.75) is 40.2 Å². The van der Waals surface area contributed by atoms with Gasteiger partial charge in [0.2, 0.25) is 0 Å². The van der Waals surface area contributed by atoms with E-state index >= 15 is 0 Å². The molecule has 2 N–H and O–H groups in total. The molecule has 1 atom stereocenters. The second-order valence-corrected chi connectivity index (χ2v) is 8.14. The van der Waals surface area contributed by atoms with E-state index in [2.05, 4.69) is 41.4 Å². The Kier molecular flexibility index (Phi) is 5.20. The van der Waals surface area contributed by atoms with Crippen molar-refractivity contribution in [3.8, 4) is 11.1 Å². The average molecular weight is 401 g/mol. The molecule has 30 heavy (non-hydrogen) atoms. The lowest BCUT2D eigenvalue weighted by Crippen LogP contribution is -2.34. The SMILES string of the molecule is Cc1ccc2[nH]c(C(=O)N[C@@H](C)Cc3c(C)nn(C)c3C)c(-c3ccccc3)c2c1. The van der Waals surface area contributed by atoms with Crippen molar-refractivity contribution in [1.29, 1.82) is 0 Å². The molecule has 4 rings (SSSR count). The molecule has 0 spiro atoms. The topological polar surface area (TPSA) is 62.7 Å². The molecule has 0 radical (unpaired) electrons. The van der Waals surface area contributed by atoms with Gasteiger partial charge in [-0.15, -0.1) is 0 Å². The third-order valence-electron chi connectivity index (χ3n) is 5.79. The van der Waals surface area contributed by atoms with Gasteiger partial charge >= 0.3 is 0 Å². The minimum absolute atomic E-state index is 0.0177. The molecule has 0 bridgehead atoms. The van der Waals surface area contributed by atoms with Crippen LogP contribution in [-0.2, 0) is 13.5 Å². The van der Waals surface area contributed by atoms with E-state index in [0.717, 1.165) is 39.8 Å². The Labute approximate surface area is 177 Å². The van der Waals surface area contributed by atoms with Gasteiger partial charge in [-0.3, -0.25) is 9.48 Å². The quantitative estimate of drug-likeness (QED) is 0.503. The third-order valence-corrected chi connectivity index (χ3v) is 5.79. The standard InChI is InChI=1S/C25H28N4O/c1-15-11-12-22-21(13-15)23(19-9-7-6-8-10-19)24(27-22)25(30)26-16(2)14-20-17(3)28-29(5)18(20)4/h6-13,16,27H,14H2,1-5H3,(H,26,30)/t16-/m0/s1. The van der Waals surface area contributed by atoms with E-state index in [-0.39, 0.29) is 11.9 Å². The third kappa shape index (κ3) is 3.63. The molecule has 0 aliphatic rings. The smallest absolute Gasteiger partial charge is 0.268 e. The number of hydrogen-bond acceptors (Lipinski definition) is 2. The molecule has 0 aliphatic carbocycles. The zero-order valence-electron chi connectivity index (χ0n) is 18.2. The number of hydrogen-bond donors (Lipinski definition) is 2. The number of carbonyl (C=O) groups excluding carboxylic acids is 1. The Morgan fingerprint density at radius 2 is 1.87 bits per heavy atom. The summed E-state index contributed by atoms with van der Waals surface area (Å²) in [6.45, 7) is 8.20. The normalized spacial score (nSPS) is 12.3. The van der Waals surface area contributed by atoms with Crippen molar-refractivity contribution in [2.75, 3.05) is 0 Å². The van der Waals surface area contributed by atoms with Crippen molar-refractivity contribution in [3.63, 3.8) is 0 Å². The van der Waals surface area contributed by atoms with Crippen LogP contribution in [0.2, 0.25) is 0 Å². The number of aromatic nitrogens is 3. The maximum absolute atomic E-state index is 13.3. The first-order valence-corrected chi connectivity index (χ1v) is 10.3. The minimum Gasteiger partial charge on any atom is -0.350 e. The number of nitrogens with zero attached hydrogens (tertiary/aromatic N) is 2. The van der Waals surface area contributed by atoms with Gasteiger partial charge in [0.1, 0.15) is 5.69 Å². The first-order valence-electron chi connectivity index (χ1n) is 10.3. The van der Waals surface area contributed by atoms with Crippen LogP contribution in [0.1, 0.15) is 39.9 Å². The van der Waals surface area contributed by atoms with E-state index in [4.69, 9.17) is 0 Å². The van der Waals surface area contributed by atoms with E-state index in [1.54, 1.807) is 0 Å². The van der Waals surface area contributed by atoms with Crippen LogP contribution in [0.25, 0.3) is 22.0 Å². The highest BCUT2D eigenvalue weighted by Gasteiger charge is 2.21. The van der Waals surface area contributed by atoms with E-state index in [0.29, 0.717) is 5.69 Å². The molecule has 0 unspecified atom stereocenters. The Hall–Kier alpha value is -3.34. The second-order valence-electron chi connectivity index (χ2n) is 8.14. The predicted molar refractivity (Wildman–Crippen MR) is 122 cm³/mol. The molecule has 2 heterocycles. The number of aromatic amines is 1.